The highest BCUT2D eigenvalue weighted by molar-refractivity contribution is 6.33. The van der Waals surface area contributed by atoms with E-state index in [1.165, 1.54) is 0 Å². The highest BCUT2D eigenvalue weighted by Crippen LogP contribution is 2.34. The number of carboxylic acids is 1. The van der Waals surface area contributed by atoms with E-state index in [1.54, 1.807) is 35.9 Å². The fourth-order valence-corrected chi connectivity index (χ4v) is 2.44. The van der Waals surface area contributed by atoms with Crippen LogP contribution in [-0.2, 0) is 0 Å². The van der Waals surface area contributed by atoms with Crippen LogP contribution in [0.2, 0.25) is 5.02 Å². The summed E-state index contributed by atoms with van der Waals surface area (Å²) in [5.74, 6) is -0.276. The van der Waals surface area contributed by atoms with Gasteiger partial charge in [0.1, 0.15) is 11.4 Å². The number of carbonyl (C=O) groups is 1. The Morgan fingerprint density at radius 2 is 2.00 bits per heavy atom. The molecule has 0 saturated carbocycles. The molecule has 0 aliphatic carbocycles. The van der Waals surface area contributed by atoms with E-state index in [9.17, 15) is 9.90 Å². The van der Waals surface area contributed by atoms with Gasteiger partial charge in [0.25, 0.3) is 0 Å². The zero-order valence-electron chi connectivity index (χ0n) is 11.6. The summed E-state index contributed by atoms with van der Waals surface area (Å²) in [7, 11) is 1.58. The van der Waals surface area contributed by atoms with Crippen molar-refractivity contribution in [3.63, 3.8) is 0 Å². The number of hydrogen-bond donors (Lipinski definition) is 1. The van der Waals surface area contributed by atoms with Gasteiger partial charge >= 0.3 is 5.97 Å². The Kier molecular flexibility index (Phi) is 4.04. The van der Waals surface area contributed by atoms with Crippen molar-refractivity contribution < 1.29 is 14.6 Å². The van der Waals surface area contributed by atoms with Gasteiger partial charge in [-0.3, -0.25) is 0 Å². The van der Waals surface area contributed by atoms with Crippen molar-refractivity contribution in [2.75, 3.05) is 7.11 Å². The Hall–Kier alpha value is -1.94. The smallest absolute Gasteiger partial charge is 0.352 e. The van der Waals surface area contributed by atoms with Gasteiger partial charge in [-0.15, -0.1) is 0 Å². The van der Waals surface area contributed by atoms with Gasteiger partial charge in [-0.2, -0.15) is 0 Å². The van der Waals surface area contributed by atoms with E-state index >= 15 is 0 Å². The molecule has 20 heavy (non-hydrogen) atoms. The minimum absolute atomic E-state index is 0.00775. The van der Waals surface area contributed by atoms with Gasteiger partial charge in [-0.05, 0) is 44.2 Å². The Labute approximate surface area is 122 Å². The van der Waals surface area contributed by atoms with Crippen LogP contribution < -0.4 is 4.74 Å². The van der Waals surface area contributed by atoms with Gasteiger partial charge in [0.15, 0.2) is 0 Å². The SMILES string of the molecule is COc1ccc(Cl)c(-c2ccc(C(=O)O)n2C(C)C)c1. The van der Waals surface area contributed by atoms with Gasteiger partial charge in [0.2, 0.25) is 0 Å². The van der Waals surface area contributed by atoms with Crippen LogP contribution in [0.1, 0.15) is 30.4 Å². The number of hydrogen-bond acceptors (Lipinski definition) is 2. The second kappa shape index (κ2) is 5.59. The van der Waals surface area contributed by atoms with Crippen molar-refractivity contribution in [2.24, 2.45) is 0 Å². The van der Waals surface area contributed by atoms with Crippen molar-refractivity contribution >= 4 is 17.6 Å². The van der Waals surface area contributed by atoms with E-state index in [1.807, 2.05) is 19.9 Å². The zero-order chi connectivity index (χ0) is 14.9. The molecule has 2 rings (SSSR count). The highest BCUT2D eigenvalue weighted by Gasteiger charge is 2.19. The monoisotopic (exact) mass is 293 g/mol. The largest absolute Gasteiger partial charge is 0.497 e. The van der Waals surface area contributed by atoms with E-state index in [0.29, 0.717) is 10.8 Å². The van der Waals surface area contributed by atoms with Crippen LogP contribution in [0.5, 0.6) is 5.75 Å². The highest BCUT2D eigenvalue weighted by atomic mass is 35.5. The lowest BCUT2D eigenvalue weighted by molar-refractivity contribution is 0.0683. The summed E-state index contributed by atoms with van der Waals surface area (Å²) in [6.07, 6.45) is 0. The molecule has 0 amide bonds. The predicted octanol–water partition coefficient (Wildman–Crippen LogP) is 4.10. The third-order valence-corrected chi connectivity index (χ3v) is 3.43. The molecule has 5 heteroatoms. The summed E-state index contributed by atoms with van der Waals surface area (Å²) in [5, 5.41) is 9.82. The van der Waals surface area contributed by atoms with Crippen LogP contribution in [0.15, 0.2) is 30.3 Å². The topological polar surface area (TPSA) is 51.5 Å². The first-order chi connectivity index (χ1) is 9.45. The minimum Gasteiger partial charge on any atom is -0.497 e. The van der Waals surface area contributed by atoms with Crippen molar-refractivity contribution in [3.05, 3.63) is 41.0 Å². The van der Waals surface area contributed by atoms with Gasteiger partial charge in [0.05, 0.1) is 17.8 Å². The molecular weight excluding hydrogens is 278 g/mol. The molecule has 2 aromatic rings. The number of benzene rings is 1. The third kappa shape index (κ3) is 2.51. The first-order valence-electron chi connectivity index (χ1n) is 6.24. The van der Waals surface area contributed by atoms with E-state index in [2.05, 4.69) is 0 Å². The molecule has 0 bridgehead atoms. The molecule has 1 heterocycles. The lowest BCUT2D eigenvalue weighted by Crippen LogP contribution is -2.11. The maximum Gasteiger partial charge on any atom is 0.352 e. The number of carboxylic acid groups (broad SMARTS) is 1. The molecule has 4 nitrogen and oxygen atoms in total. The maximum absolute atomic E-state index is 11.3. The maximum atomic E-state index is 11.3. The molecular formula is C15H16ClNO3. The fraction of sp³-hybridized carbons (Fsp3) is 0.267. The van der Waals surface area contributed by atoms with Crippen molar-refractivity contribution in [1.29, 1.82) is 0 Å². The van der Waals surface area contributed by atoms with E-state index in [-0.39, 0.29) is 11.7 Å². The van der Waals surface area contributed by atoms with Crippen LogP contribution >= 0.6 is 11.6 Å². The number of nitrogens with zero attached hydrogens (tertiary/aromatic N) is 1. The average Bonchev–Trinajstić information content (AvgIpc) is 2.84. The summed E-state index contributed by atoms with van der Waals surface area (Å²) in [4.78, 5) is 11.3. The number of halogens is 1. The summed E-state index contributed by atoms with van der Waals surface area (Å²) in [6.45, 7) is 3.87. The molecule has 0 aliphatic heterocycles. The Morgan fingerprint density at radius 3 is 2.55 bits per heavy atom. The Morgan fingerprint density at radius 1 is 1.30 bits per heavy atom. The lowest BCUT2D eigenvalue weighted by Gasteiger charge is -2.17. The molecule has 0 unspecified atom stereocenters. The third-order valence-electron chi connectivity index (χ3n) is 3.10. The van der Waals surface area contributed by atoms with Crippen LogP contribution in [0, 0.1) is 0 Å². The molecule has 0 aliphatic rings. The van der Waals surface area contributed by atoms with Crippen LogP contribution in [0.3, 0.4) is 0 Å². The van der Waals surface area contributed by atoms with Crippen LogP contribution in [0.4, 0.5) is 0 Å². The summed E-state index contributed by atoms with van der Waals surface area (Å²) in [5.41, 5.74) is 1.77. The molecule has 1 aromatic carbocycles. The van der Waals surface area contributed by atoms with Crippen molar-refractivity contribution in [3.8, 4) is 17.0 Å². The first-order valence-corrected chi connectivity index (χ1v) is 6.62. The standard InChI is InChI=1S/C15H16ClNO3/c1-9(2)17-13(6-7-14(17)15(18)19)11-8-10(20-3)4-5-12(11)16/h4-9H,1-3H3,(H,18,19). The summed E-state index contributed by atoms with van der Waals surface area (Å²) in [6, 6.07) is 8.69. The van der Waals surface area contributed by atoms with Gasteiger partial charge in [-0.1, -0.05) is 11.6 Å². The summed E-state index contributed by atoms with van der Waals surface area (Å²) >= 11 is 6.24. The lowest BCUT2D eigenvalue weighted by atomic mass is 10.1. The number of rotatable bonds is 4. The van der Waals surface area contributed by atoms with E-state index < -0.39 is 5.97 Å². The molecule has 0 saturated heterocycles. The second-order valence-electron chi connectivity index (χ2n) is 4.72. The zero-order valence-corrected chi connectivity index (χ0v) is 12.3. The second-order valence-corrected chi connectivity index (χ2v) is 5.13. The van der Waals surface area contributed by atoms with Gasteiger partial charge in [-0.25, -0.2) is 4.79 Å². The van der Waals surface area contributed by atoms with Gasteiger partial charge < -0.3 is 14.4 Å². The minimum atomic E-state index is -0.955. The Bertz CT molecular complexity index is 647. The molecule has 106 valence electrons. The number of aromatic nitrogens is 1. The number of methoxy groups -OCH3 is 1. The first kappa shape index (κ1) is 14.5. The van der Waals surface area contributed by atoms with E-state index in [4.69, 9.17) is 16.3 Å². The average molecular weight is 294 g/mol. The quantitative estimate of drug-likeness (QED) is 0.923. The van der Waals surface area contributed by atoms with Crippen LogP contribution in [0.25, 0.3) is 11.3 Å². The molecule has 1 aromatic heterocycles. The van der Waals surface area contributed by atoms with Crippen LogP contribution in [-0.4, -0.2) is 22.8 Å². The van der Waals surface area contributed by atoms with Crippen molar-refractivity contribution in [2.45, 2.75) is 19.9 Å². The molecule has 1 N–H and O–H groups in total. The fourth-order valence-electron chi connectivity index (χ4n) is 2.23. The van der Waals surface area contributed by atoms with Crippen molar-refractivity contribution in [1.82, 2.24) is 4.57 Å². The normalized spacial score (nSPS) is 10.8. The van der Waals surface area contributed by atoms with Gasteiger partial charge in [0, 0.05) is 11.6 Å². The molecule has 0 atom stereocenters. The number of ether oxygens (including phenoxy) is 1. The molecule has 0 fully saturated rings. The molecule has 0 radical (unpaired) electrons. The molecule has 0 spiro atoms. The summed E-state index contributed by atoms with van der Waals surface area (Å²) < 4.78 is 6.95. The predicted molar refractivity (Wildman–Crippen MR) is 78.8 cm³/mol. The Balaban J connectivity index is 2.67. The van der Waals surface area contributed by atoms with E-state index in [0.717, 1.165) is 11.3 Å². The number of aromatic carboxylic acids is 1.